The summed E-state index contributed by atoms with van der Waals surface area (Å²) in [6.07, 6.45) is 2.23. The number of nitrogens with one attached hydrogen (secondary N) is 2. The first-order valence-electron chi connectivity index (χ1n) is 4.23. The third kappa shape index (κ3) is 1.49. The monoisotopic (exact) mass is 181 g/mol. The van der Waals surface area contributed by atoms with Gasteiger partial charge in [0.05, 0.1) is 11.4 Å². The van der Waals surface area contributed by atoms with Gasteiger partial charge in [0.1, 0.15) is 0 Å². The molecule has 0 amide bonds. The van der Waals surface area contributed by atoms with E-state index < -0.39 is 5.97 Å². The van der Waals surface area contributed by atoms with Crippen molar-refractivity contribution in [1.82, 2.24) is 10.2 Å². The number of aryl methyl sites for hydroxylation is 1. The van der Waals surface area contributed by atoms with Gasteiger partial charge in [-0.15, -0.1) is 0 Å². The van der Waals surface area contributed by atoms with Gasteiger partial charge in [0.15, 0.2) is 5.69 Å². The summed E-state index contributed by atoms with van der Waals surface area (Å²) in [4.78, 5) is 10.7. The number of carboxylic acids is 1. The van der Waals surface area contributed by atoms with Crippen molar-refractivity contribution in [2.45, 2.75) is 25.8 Å². The van der Waals surface area contributed by atoms with Crippen molar-refractivity contribution in [3.05, 3.63) is 11.4 Å². The molecule has 1 fully saturated rings. The van der Waals surface area contributed by atoms with Crippen LogP contribution in [0.4, 0.5) is 5.69 Å². The molecule has 0 unspecified atom stereocenters. The van der Waals surface area contributed by atoms with Crippen LogP contribution >= 0.6 is 0 Å². The summed E-state index contributed by atoms with van der Waals surface area (Å²) in [5.41, 5.74) is 1.50. The van der Waals surface area contributed by atoms with Gasteiger partial charge in [-0.25, -0.2) is 4.79 Å². The van der Waals surface area contributed by atoms with Crippen LogP contribution in [0.1, 0.15) is 29.0 Å². The Hall–Kier alpha value is -1.52. The van der Waals surface area contributed by atoms with E-state index in [0.29, 0.717) is 11.7 Å². The molecule has 1 aliphatic carbocycles. The van der Waals surface area contributed by atoms with Crippen LogP contribution in [0.15, 0.2) is 0 Å². The number of H-pyrrole nitrogens is 1. The fourth-order valence-corrected chi connectivity index (χ4v) is 1.19. The van der Waals surface area contributed by atoms with Crippen LogP contribution in [0.3, 0.4) is 0 Å². The van der Waals surface area contributed by atoms with Gasteiger partial charge >= 0.3 is 5.97 Å². The summed E-state index contributed by atoms with van der Waals surface area (Å²) in [7, 11) is 0. The number of aromatic nitrogens is 2. The highest BCUT2D eigenvalue weighted by atomic mass is 16.4. The van der Waals surface area contributed by atoms with Gasteiger partial charge in [-0.3, -0.25) is 5.10 Å². The lowest BCUT2D eigenvalue weighted by atomic mass is 10.3. The third-order valence-corrected chi connectivity index (χ3v) is 2.08. The topological polar surface area (TPSA) is 78.0 Å². The Bertz CT molecular complexity index is 341. The van der Waals surface area contributed by atoms with Gasteiger partial charge in [-0.2, -0.15) is 5.10 Å². The van der Waals surface area contributed by atoms with Crippen molar-refractivity contribution >= 4 is 11.7 Å². The molecule has 0 atom stereocenters. The van der Waals surface area contributed by atoms with Gasteiger partial charge < -0.3 is 10.4 Å². The minimum absolute atomic E-state index is 0.0874. The molecule has 5 nitrogen and oxygen atoms in total. The van der Waals surface area contributed by atoms with E-state index in [4.69, 9.17) is 5.11 Å². The lowest BCUT2D eigenvalue weighted by Crippen LogP contribution is -2.07. The molecular formula is C8H11N3O2. The molecule has 0 bridgehead atoms. The van der Waals surface area contributed by atoms with Crippen molar-refractivity contribution in [1.29, 1.82) is 0 Å². The Morgan fingerprint density at radius 1 is 1.69 bits per heavy atom. The van der Waals surface area contributed by atoms with Crippen LogP contribution in [-0.2, 0) is 0 Å². The van der Waals surface area contributed by atoms with Crippen LogP contribution in [0, 0.1) is 6.92 Å². The summed E-state index contributed by atoms with van der Waals surface area (Å²) in [5, 5.41) is 18.3. The molecule has 1 heterocycles. The third-order valence-electron chi connectivity index (χ3n) is 2.08. The Morgan fingerprint density at radius 3 is 2.92 bits per heavy atom. The number of carboxylic acid groups (broad SMARTS) is 1. The highest BCUT2D eigenvalue weighted by Gasteiger charge is 2.25. The average molecular weight is 181 g/mol. The number of aromatic carboxylic acids is 1. The molecule has 70 valence electrons. The Labute approximate surface area is 75.2 Å². The second kappa shape index (κ2) is 2.76. The molecular weight excluding hydrogens is 170 g/mol. The van der Waals surface area contributed by atoms with E-state index in [0.717, 1.165) is 18.5 Å². The predicted octanol–water partition coefficient (Wildman–Crippen LogP) is 0.991. The van der Waals surface area contributed by atoms with E-state index in [9.17, 15) is 4.79 Å². The zero-order chi connectivity index (χ0) is 9.42. The standard InChI is InChI=1S/C8H11N3O2/c1-4-6(9-5-2-3-5)7(8(12)13)11-10-4/h5,9H,2-3H2,1H3,(H,10,11)(H,12,13). The molecule has 0 spiro atoms. The van der Waals surface area contributed by atoms with E-state index in [2.05, 4.69) is 15.5 Å². The molecule has 2 rings (SSSR count). The Morgan fingerprint density at radius 2 is 2.38 bits per heavy atom. The summed E-state index contributed by atoms with van der Waals surface area (Å²) in [6.45, 7) is 1.81. The molecule has 0 radical (unpaired) electrons. The molecule has 1 aromatic heterocycles. The van der Waals surface area contributed by atoms with Gasteiger partial charge in [-0.1, -0.05) is 0 Å². The first kappa shape index (κ1) is 8.10. The summed E-state index contributed by atoms with van der Waals surface area (Å²) >= 11 is 0. The van der Waals surface area contributed by atoms with Crippen LogP contribution < -0.4 is 5.32 Å². The van der Waals surface area contributed by atoms with E-state index in [1.807, 2.05) is 6.92 Å². The average Bonchev–Trinajstić information content (AvgIpc) is 2.78. The number of anilines is 1. The number of nitrogens with zero attached hydrogens (tertiary/aromatic N) is 1. The van der Waals surface area contributed by atoms with E-state index in [1.54, 1.807) is 0 Å². The maximum atomic E-state index is 10.7. The quantitative estimate of drug-likeness (QED) is 0.649. The highest BCUT2D eigenvalue weighted by Crippen LogP contribution is 2.27. The van der Waals surface area contributed by atoms with Crippen molar-refractivity contribution in [3.8, 4) is 0 Å². The molecule has 0 aromatic carbocycles. The molecule has 1 aliphatic rings. The van der Waals surface area contributed by atoms with Gasteiger partial charge in [0.2, 0.25) is 0 Å². The maximum Gasteiger partial charge on any atom is 0.358 e. The highest BCUT2D eigenvalue weighted by molar-refractivity contribution is 5.92. The van der Waals surface area contributed by atoms with Crippen LogP contribution in [0.5, 0.6) is 0 Å². The first-order chi connectivity index (χ1) is 6.18. The summed E-state index contributed by atoms with van der Waals surface area (Å²) in [5.74, 6) is -0.993. The minimum atomic E-state index is -0.993. The van der Waals surface area contributed by atoms with Crippen molar-refractivity contribution in [2.75, 3.05) is 5.32 Å². The molecule has 0 aliphatic heterocycles. The molecule has 5 heteroatoms. The summed E-state index contributed by atoms with van der Waals surface area (Å²) < 4.78 is 0. The van der Waals surface area contributed by atoms with Gasteiger partial charge in [0, 0.05) is 6.04 Å². The Kier molecular flexibility index (Phi) is 1.72. The molecule has 1 aromatic rings. The van der Waals surface area contributed by atoms with E-state index >= 15 is 0 Å². The fraction of sp³-hybridized carbons (Fsp3) is 0.500. The van der Waals surface area contributed by atoms with E-state index in [-0.39, 0.29) is 5.69 Å². The van der Waals surface area contributed by atoms with Crippen molar-refractivity contribution in [3.63, 3.8) is 0 Å². The Balaban J connectivity index is 2.27. The lowest BCUT2D eigenvalue weighted by Gasteiger charge is -2.02. The number of aromatic amines is 1. The minimum Gasteiger partial charge on any atom is -0.476 e. The van der Waals surface area contributed by atoms with Crippen molar-refractivity contribution in [2.24, 2.45) is 0 Å². The number of hydrogen-bond acceptors (Lipinski definition) is 3. The molecule has 13 heavy (non-hydrogen) atoms. The summed E-state index contributed by atoms with van der Waals surface area (Å²) in [6, 6.07) is 0.439. The predicted molar refractivity (Wildman–Crippen MR) is 46.9 cm³/mol. The number of hydrogen-bond donors (Lipinski definition) is 3. The molecule has 1 saturated carbocycles. The zero-order valence-corrected chi connectivity index (χ0v) is 7.29. The van der Waals surface area contributed by atoms with Crippen LogP contribution in [0.2, 0.25) is 0 Å². The molecule has 3 N–H and O–H groups in total. The van der Waals surface area contributed by atoms with Gasteiger partial charge in [0.25, 0.3) is 0 Å². The normalized spacial score (nSPS) is 15.8. The smallest absolute Gasteiger partial charge is 0.358 e. The zero-order valence-electron chi connectivity index (χ0n) is 7.29. The molecule has 0 saturated heterocycles. The second-order valence-corrected chi connectivity index (χ2v) is 3.30. The number of rotatable bonds is 3. The van der Waals surface area contributed by atoms with Crippen LogP contribution in [0.25, 0.3) is 0 Å². The maximum absolute atomic E-state index is 10.7. The van der Waals surface area contributed by atoms with Crippen molar-refractivity contribution < 1.29 is 9.90 Å². The second-order valence-electron chi connectivity index (χ2n) is 3.30. The van der Waals surface area contributed by atoms with E-state index in [1.165, 1.54) is 0 Å². The van der Waals surface area contributed by atoms with Crippen LogP contribution in [-0.4, -0.2) is 27.3 Å². The lowest BCUT2D eigenvalue weighted by molar-refractivity contribution is 0.0691. The van der Waals surface area contributed by atoms with Gasteiger partial charge in [-0.05, 0) is 19.8 Å². The first-order valence-corrected chi connectivity index (χ1v) is 4.23. The number of carbonyl (C=O) groups is 1. The largest absolute Gasteiger partial charge is 0.476 e. The fourth-order valence-electron chi connectivity index (χ4n) is 1.19. The SMILES string of the molecule is Cc1[nH]nc(C(=O)O)c1NC1CC1.